The minimum absolute atomic E-state index is 0.0573. The molecule has 1 saturated heterocycles. The van der Waals surface area contributed by atoms with Crippen molar-refractivity contribution in [3.63, 3.8) is 0 Å². The van der Waals surface area contributed by atoms with Crippen LogP contribution >= 0.6 is 11.6 Å². The number of pyridine rings is 1. The van der Waals surface area contributed by atoms with Crippen LogP contribution in [0, 0.1) is 0 Å². The van der Waals surface area contributed by atoms with Crippen LogP contribution in [-0.2, 0) is 14.2 Å². The van der Waals surface area contributed by atoms with Crippen LogP contribution in [0.25, 0.3) is 21.9 Å². The third-order valence-electron chi connectivity index (χ3n) is 6.33. The topological polar surface area (TPSA) is 158 Å². The van der Waals surface area contributed by atoms with E-state index in [4.69, 9.17) is 40.8 Å². The number of nitrogens with zero attached hydrogens (tertiary/aromatic N) is 5. The molecule has 1 aliphatic heterocycles. The van der Waals surface area contributed by atoms with Gasteiger partial charge in [0.25, 0.3) is 0 Å². The van der Waals surface area contributed by atoms with Gasteiger partial charge in [0, 0.05) is 23.8 Å². The number of carbonyl (C=O) groups is 2. The van der Waals surface area contributed by atoms with E-state index >= 15 is 0 Å². The van der Waals surface area contributed by atoms with Gasteiger partial charge in [-0.3, -0.25) is 4.98 Å². The van der Waals surface area contributed by atoms with Crippen molar-refractivity contribution in [1.82, 2.24) is 19.5 Å². The molecule has 5 rings (SSSR count). The minimum atomic E-state index is -1.50. The van der Waals surface area contributed by atoms with Crippen molar-refractivity contribution in [2.24, 2.45) is 0 Å². The summed E-state index contributed by atoms with van der Waals surface area (Å²) in [5.41, 5.74) is -0.444. The maximum absolute atomic E-state index is 13.2. The molecule has 0 bridgehead atoms. The molecule has 0 radical (unpaired) electrons. The van der Waals surface area contributed by atoms with Crippen LogP contribution in [0.3, 0.4) is 0 Å². The van der Waals surface area contributed by atoms with Crippen LogP contribution in [0.5, 0.6) is 5.75 Å². The number of aromatic nitrogens is 4. The largest absolute Gasteiger partial charge is 0.491 e. The number of hydrogen-bond acceptors (Lipinski definition) is 11. The maximum Gasteiger partial charge on any atom is 0.425 e. The fraction of sp³-hybridized carbons (Fsp3) is 0.485. The average molecular weight is 672 g/mol. The second-order valence-corrected chi connectivity index (χ2v) is 13.9. The highest BCUT2D eigenvalue weighted by Gasteiger charge is 2.36. The second kappa shape index (κ2) is 14.0. The predicted octanol–water partition coefficient (Wildman–Crippen LogP) is 6.77. The van der Waals surface area contributed by atoms with E-state index in [2.05, 4.69) is 15.0 Å². The number of rotatable bonds is 5. The summed E-state index contributed by atoms with van der Waals surface area (Å²) in [6, 6.07) is 9.12. The first-order valence-electron chi connectivity index (χ1n) is 15.1. The molecule has 2 amide bonds. The fourth-order valence-corrected chi connectivity index (χ4v) is 4.90. The number of benzene rings is 1. The number of aliphatic hydroxyl groups is 2. The van der Waals surface area contributed by atoms with Crippen LogP contribution in [0.2, 0.25) is 5.02 Å². The average Bonchev–Trinajstić information content (AvgIpc) is 3.57. The summed E-state index contributed by atoms with van der Waals surface area (Å²) in [4.78, 5) is 40.3. The van der Waals surface area contributed by atoms with E-state index in [0.717, 1.165) is 22.2 Å². The van der Waals surface area contributed by atoms with E-state index < -0.39 is 29.2 Å². The number of imide groups is 1. The van der Waals surface area contributed by atoms with Crippen molar-refractivity contribution >= 4 is 51.5 Å². The van der Waals surface area contributed by atoms with Gasteiger partial charge in [-0.05, 0) is 92.5 Å². The third-order valence-corrected chi connectivity index (χ3v) is 6.64. The predicted molar refractivity (Wildman–Crippen MR) is 176 cm³/mol. The fourth-order valence-electron chi connectivity index (χ4n) is 4.63. The molecule has 13 nitrogen and oxygen atoms in total. The SMILES string of the molecule is CC(C)(C)OC(=O)N(C(=O)OC(C)(C)C)c1ncnc2c1ccn2C1CCC(COc2cc(Cl)c3cccnc3c2)O1.CC(C)(O)O. The van der Waals surface area contributed by atoms with Crippen molar-refractivity contribution in [2.45, 2.75) is 97.6 Å². The van der Waals surface area contributed by atoms with Crippen molar-refractivity contribution in [2.75, 3.05) is 11.5 Å². The van der Waals surface area contributed by atoms with E-state index in [1.54, 1.807) is 66.1 Å². The molecule has 1 aromatic carbocycles. The summed E-state index contributed by atoms with van der Waals surface area (Å²) >= 11 is 6.41. The highest BCUT2D eigenvalue weighted by Crippen LogP contribution is 2.35. The van der Waals surface area contributed by atoms with Crippen LogP contribution in [-0.4, -0.2) is 71.6 Å². The molecule has 0 spiro atoms. The molecule has 1 aliphatic rings. The van der Waals surface area contributed by atoms with Crippen molar-refractivity contribution in [3.8, 4) is 5.75 Å². The number of fused-ring (bicyclic) bond motifs is 2. The lowest BCUT2D eigenvalue weighted by Gasteiger charge is -2.28. The molecule has 254 valence electrons. The molecule has 3 aromatic heterocycles. The Morgan fingerprint density at radius 1 is 0.957 bits per heavy atom. The Bertz CT molecular complexity index is 1690. The smallest absolute Gasteiger partial charge is 0.425 e. The van der Waals surface area contributed by atoms with Crippen LogP contribution in [0.4, 0.5) is 15.4 Å². The first-order valence-corrected chi connectivity index (χ1v) is 15.5. The molecule has 0 saturated carbocycles. The molecule has 0 aliphatic carbocycles. The third kappa shape index (κ3) is 9.97. The molecule has 4 heterocycles. The van der Waals surface area contributed by atoms with Gasteiger partial charge in [-0.25, -0.2) is 19.6 Å². The van der Waals surface area contributed by atoms with Gasteiger partial charge in [0.1, 0.15) is 41.8 Å². The lowest BCUT2D eigenvalue weighted by atomic mass is 10.2. The molecular weight excluding hydrogens is 630 g/mol. The van der Waals surface area contributed by atoms with Gasteiger partial charge in [-0.1, -0.05) is 11.6 Å². The standard InChI is InChI=1S/C30H34ClN5O6.C3H8O2/c1-29(2,3)41-27(37)36(28(38)42-30(4,5)6)26-21-11-13-35(25(21)33-17-34-26)24-10-9-18(40-24)16-39-19-14-22(31)20-8-7-12-32-23(20)15-19;1-3(2,4)5/h7-8,11-15,17-18,24H,9-10,16H2,1-6H3;4-5H,1-2H3. The zero-order valence-corrected chi connectivity index (χ0v) is 28.6. The summed E-state index contributed by atoms with van der Waals surface area (Å²) in [6.45, 7) is 13.2. The van der Waals surface area contributed by atoms with Crippen molar-refractivity contribution in [1.29, 1.82) is 0 Å². The Kier molecular flexibility index (Phi) is 10.7. The van der Waals surface area contributed by atoms with Gasteiger partial charge in [0.05, 0.1) is 22.0 Å². The summed E-state index contributed by atoms with van der Waals surface area (Å²) < 4.78 is 25.2. The van der Waals surface area contributed by atoms with Gasteiger partial charge in [-0.15, -0.1) is 0 Å². The molecular formula is C33H42ClN5O8. The Hall–Kier alpha value is -4.04. The number of amides is 2. The first kappa shape index (κ1) is 35.8. The molecule has 4 aromatic rings. The number of ether oxygens (including phenoxy) is 4. The quantitative estimate of drug-likeness (QED) is 0.216. The Morgan fingerprint density at radius 3 is 2.21 bits per heavy atom. The van der Waals surface area contributed by atoms with Gasteiger partial charge in [0.2, 0.25) is 0 Å². The Morgan fingerprint density at radius 2 is 1.60 bits per heavy atom. The Labute approximate surface area is 278 Å². The monoisotopic (exact) mass is 671 g/mol. The van der Waals surface area contributed by atoms with Gasteiger partial charge >= 0.3 is 12.2 Å². The molecule has 2 atom stereocenters. The second-order valence-electron chi connectivity index (χ2n) is 13.5. The molecule has 2 N–H and O–H groups in total. The summed E-state index contributed by atoms with van der Waals surface area (Å²) in [5, 5.41) is 18.1. The van der Waals surface area contributed by atoms with E-state index in [1.165, 1.54) is 20.2 Å². The lowest BCUT2D eigenvalue weighted by molar-refractivity contribution is -0.127. The molecule has 1 fully saturated rings. The number of halogens is 1. The van der Waals surface area contributed by atoms with Gasteiger partial charge < -0.3 is 33.7 Å². The van der Waals surface area contributed by atoms with Crippen LogP contribution < -0.4 is 9.64 Å². The minimum Gasteiger partial charge on any atom is -0.491 e. The summed E-state index contributed by atoms with van der Waals surface area (Å²) in [6.07, 6.45) is 3.96. The molecule has 14 heteroatoms. The van der Waals surface area contributed by atoms with Crippen molar-refractivity contribution < 1.29 is 38.7 Å². The van der Waals surface area contributed by atoms with E-state index in [1.807, 2.05) is 22.8 Å². The van der Waals surface area contributed by atoms with Crippen LogP contribution in [0.1, 0.15) is 74.5 Å². The number of carbonyl (C=O) groups excluding carboxylic acids is 2. The summed E-state index contributed by atoms with van der Waals surface area (Å²) in [5.74, 6) is -0.826. The van der Waals surface area contributed by atoms with Gasteiger partial charge in [-0.2, -0.15) is 4.90 Å². The Balaban J connectivity index is 0.000000930. The van der Waals surface area contributed by atoms with Crippen molar-refractivity contribution in [3.05, 3.63) is 54.1 Å². The number of hydrogen-bond donors (Lipinski definition) is 2. The van der Waals surface area contributed by atoms with Gasteiger partial charge in [0.15, 0.2) is 11.6 Å². The van der Waals surface area contributed by atoms with Crippen LogP contribution in [0.15, 0.2) is 49.1 Å². The summed E-state index contributed by atoms with van der Waals surface area (Å²) in [7, 11) is 0. The van der Waals surface area contributed by atoms with E-state index in [-0.39, 0.29) is 18.1 Å². The zero-order chi connectivity index (χ0) is 34.7. The first-order chi connectivity index (χ1) is 21.8. The zero-order valence-electron chi connectivity index (χ0n) is 27.9. The highest BCUT2D eigenvalue weighted by atomic mass is 35.5. The lowest BCUT2D eigenvalue weighted by Crippen LogP contribution is -2.44. The van der Waals surface area contributed by atoms with E-state index in [0.29, 0.717) is 34.8 Å². The normalized spacial score (nSPS) is 16.8. The molecule has 2 unspecified atom stereocenters. The van der Waals surface area contributed by atoms with E-state index in [9.17, 15) is 9.59 Å². The molecule has 47 heavy (non-hydrogen) atoms. The highest BCUT2D eigenvalue weighted by molar-refractivity contribution is 6.35. The maximum atomic E-state index is 13.2. The number of anilines is 1.